The molecule has 23 heavy (non-hydrogen) atoms. The first-order valence-electron chi connectivity index (χ1n) is 8.08. The number of anilines is 1. The van der Waals surface area contributed by atoms with Gasteiger partial charge in [-0.15, -0.1) is 0 Å². The molecule has 1 heterocycles. The molecule has 0 aliphatic carbocycles. The Morgan fingerprint density at radius 1 is 1.00 bits per heavy atom. The van der Waals surface area contributed by atoms with Gasteiger partial charge >= 0.3 is 0 Å². The number of fused-ring (bicyclic) bond motifs is 1. The summed E-state index contributed by atoms with van der Waals surface area (Å²) in [6, 6.07) is 16.8. The van der Waals surface area contributed by atoms with Crippen LogP contribution in [-0.4, -0.2) is 38.7 Å². The monoisotopic (exact) mass is 309 g/mol. The SMILES string of the molecule is C=C1Oc2ccc(-c3ccccc3)cc2N1CCC[N+](C)(C)C. The lowest BCUT2D eigenvalue weighted by molar-refractivity contribution is -0.870. The summed E-state index contributed by atoms with van der Waals surface area (Å²) >= 11 is 0. The van der Waals surface area contributed by atoms with Crippen molar-refractivity contribution in [2.24, 2.45) is 0 Å². The third kappa shape index (κ3) is 3.57. The van der Waals surface area contributed by atoms with E-state index in [0.717, 1.165) is 41.3 Å². The van der Waals surface area contributed by atoms with Crippen molar-refractivity contribution in [3.63, 3.8) is 0 Å². The normalized spacial score (nSPS) is 13.9. The van der Waals surface area contributed by atoms with Crippen LogP contribution in [0.15, 0.2) is 61.0 Å². The molecule has 0 saturated carbocycles. The van der Waals surface area contributed by atoms with Crippen LogP contribution < -0.4 is 9.64 Å². The number of benzene rings is 2. The van der Waals surface area contributed by atoms with Crippen LogP contribution in [0.4, 0.5) is 5.69 Å². The first kappa shape index (κ1) is 15.6. The maximum absolute atomic E-state index is 5.82. The zero-order chi connectivity index (χ0) is 16.4. The summed E-state index contributed by atoms with van der Waals surface area (Å²) in [4.78, 5) is 2.19. The highest BCUT2D eigenvalue weighted by atomic mass is 16.5. The molecule has 0 aromatic heterocycles. The molecule has 0 spiro atoms. The van der Waals surface area contributed by atoms with Gasteiger partial charge in [0, 0.05) is 13.0 Å². The highest BCUT2D eigenvalue weighted by Gasteiger charge is 2.25. The predicted molar refractivity (Wildman–Crippen MR) is 96.5 cm³/mol. The Labute approximate surface area is 139 Å². The largest absolute Gasteiger partial charge is 0.439 e. The zero-order valence-electron chi connectivity index (χ0n) is 14.2. The summed E-state index contributed by atoms with van der Waals surface area (Å²) in [5, 5.41) is 0. The van der Waals surface area contributed by atoms with Gasteiger partial charge in [-0.05, 0) is 29.8 Å². The molecule has 3 rings (SSSR count). The van der Waals surface area contributed by atoms with Crippen LogP contribution in [0.2, 0.25) is 0 Å². The Bertz CT molecular complexity index is 701. The molecular formula is C20H25N2O+. The van der Waals surface area contributed by atoms with Crippen molar-refractivity contribution in [2.45, 2.75) is 6.42 Å². The van der Waals surface area contributed by atoms with E-state index in [1.54, 1.807) is 0 Å². The molecule has 3 nitrogen and oxygen atoms in total. The zero-order valence-corrected chi connectivity index (χ0v) is 14.2. The number of rotatable bonds is 5. The maximum atomic E-state index is 5.82. The van der Waals surface area contributed by atoms with E-state index in [0.29, 0.717) is 0 Å². The van der Waals surface area contributed by atoms with E-state index in [-0.39, 0.29) is 0 Å². The van der Waals surface area contributed by atoms with Crippen molar-refractivity contribution in [1.29, 1.82) is 0 Å². The van der Waals surface area contributed by atoms with Crippen LogP contribution in [0.25, 0.3) is 11.1 Å². The van der Waals surface area contributed by atoms with Gasteiger partial charge in [0.25, 0.3) is 0 Å². The number of hydrogen-bond donors (Lipinski definition) is 0. The van der Waals surface area contributed by atoms with Gasteiger partial charge in [0.1, 0.15) is 0 Å². The molecule has 120 valence electrons. The third-order valence-electron chi connectivity index (χ3n) is 4.10. The highest BCUT2D eigenvalue weighted by Crippen LogP contribution is 2.41. The number of hydrogen-bond acceptors (Lipinski definition) is 2. The van der Waals surface area contributed by atoms with Gasteiger partial charge in [0.05, 0.1) is 33.4 Å². The van der Waals surface area contributed by atoms with Crippen molar-refractivity contribution in [3.05, 3.63) is 61.0 Å². The predicted octanol–water partition coefficient (Wildman–Crippen LogP) is 4.12. The fraction of sp³-hybridized carbons (Fsp3) is 0.300. The standard InChI is InChI=1S/C20H25N2O/c1-16-21(13-8-14-22(2,3)4)19-15-18(11-12-20(19)23-16)17-9-6-5-7-10-17/h5-7,9-12,15H,1,8,13-14H2,2-4H3/q+1. The molecule has 0 N–H and O–H groups in total. The minimum atomic E-state index is 0.728. The van der Waals surface area contributed by atoms with Crippen LogP contribution in [0.5, 0.6) is 5.75 Å². The topological polar surface area (TPSA) is 12.5 Å². The van der Waals surface area contributed by atoms with E-state index in [1.165, 1.54) is 11.1 Å². The number of quaternary nitrogens is 1. The first-order valence-corrected chi connectivity index (χ1v) is 8.08. The highest BCUT2D eigenvalue weighted by molar-refractivity contribution is 5.75. The molecule has 3 heteroatoms. The average molecular weight is 309 g/mol. The molecule has 0 amide bonds. The lowest BCUT2D eigenvalue weighted by Crippen LogP contribution is -2.37. The van der Waals surface area contributed by atoms with Crippen LogP contribution in [0, 0.1) is 0 Å². The summed E-state index contributed by atoms with van der Waals surface area (Å²) in [6.07, 6.45) is 1.10. The molecule has 0 fully saturated rings. The fourth-order valence-corrected chi connectivity index (χ4v) is 2.89. The Kier molecular flexibility index (Phi) is 4.14. The van der Waals surface area contributed by atoms with Crippen LogP contribution >= 0.6 is 0 Å². The van der Waals surface area contributed by atoms with Gasteiger partial charge in [0.15, 0.2) is 11.6 Å². The summed E-state index contributed by atoms with van der Waals surface area (Å²) in [5.74, 6) is 1.63. The van der Waals surface area contributed by atoms with Crippen LogP contribution in [0.1, 0.15) is 6.42 Å². The average Bonchev–Trinajstić information content (AvgIpc) is 2.82. The van der Waals surface area contributed by atoms with Crippen LogP contribution in [0.3, 0.4) is 0 Å². The molecule has 2 aromatic rings. The quantitative estimate of drug-likeness (QED) is 0.770. The Balaban J connectivity index is 1.82. The van der Waals surface area contributed by atoms with E-state index in [2.05, 4.69) is 69.0 Å². The fourth-order valence-electron chi connectivity index (χ4n) is 2.89. The lowest BCUT2D eigenvalue weighted by Gasteiger charge is -2.25. The van der Waals surface area contributed by atoms with E-state index < -0.39 is 0 Å². The van der Waals surface area contributed by atoms with E-state index in [4.69, 9.17) is 4.74 Å². The Morgan fingerprint density at radius 2 is 1.74 bits per heavy atom. The molecule has 2 aromatic carbocycles. The van der Waals surface area contributed by atoms with Gasteiger partial charge in [0.2, 0.25) is 0 Å². The smallest absolute Gasteiger partial charge is 0.193 e. The van der Waals surface area contributed by atoms with Crippen molar-refractivity contribution in [2.75, 3.05) is 39.1 Å². The molecule has 1 aliphatic heterocycles. The molecule has 0 radical (unpaired) electrons. The molecule has 0 atom stereocenters. The van der Waals surface area contributed by atoms with Gasteiger partial charge in [-0.1, -0.05) is 36.4 Å². The van der Waals surface area contributed by atoms with Gasteiger partial charge in [-0.3, -0.25) is 0 Å². The second-order valence-corrected chi connectivity index (χ2v) is 7.06. The molecule has 0 saturated heterocycles. The van der Waals surface area contributed by atoms with E-state index >= 15 is 0 Å². The van der Waals surface area contributed by atoms with Gasteiger partial charge < -0.3 is 14.1 Å². The van der Waals surface area contributed by atoms with E-state index in [9.17, 15) is 0 Å². The summed E-state index contributed by atoms with van der Waals surface area (Å²) in [5.41, 5.74) is 3.55. The Hall–Kier alpha value is -2.26. The number of nitrogens with zero attached hydrogens (tertiary/aromatic N) is 2. The Morgan fingerprint density at radius 3 is 2.43 bits per heavy atom. The van der Waals surface area contributed by atoms with Gasteiger partial charge in [-0.25, -0.2) is 0 Å². The first-order chi connectivity index (χ1) is 10.9. The summed E-state index contributed by atoms with van der Waals surface area (Å²) in [7, 11) is 6.66. The molecular weight excluding hydrogens is 284 g/mol. The van der Waals surface area contributed by atoms with Crippen LogP contribution in [-0.2, 0) is 0 Å². The van der Waals surface area contributed by atoms with Crippen molar-refractivity contribution in [1.82, 2.24) is 0 Å². The lowest BCUT2D eigenvalue weighted by atomic mass is 10.0. The second kappa shape index (κ2) is 6.09. The van der Waals surface area contributed by atoms with Crippen molar-refractivity contribution in [3.8, 4) is 16.9 Å². The van der Waals surface area contributed by atoms with Gasteiger partial charge in [-0.2, -0.15) is 0 Å². The minimum Gasteiger partial charge on any atom is -0.439 e. The summed E-state index contributed by atoms with van der Waals surface area (Å²) < 4.78 is 6.79. The maximum Gasteiger partial charge on any atom is 0.193 e. The number of ether oxygens (including phenoxy) is 1. The van der Waals surface area contributed by atoms with E-state index in [1.807, 2.05) is 12.1 Å². The summed E-state index contributed by atoms with van der Waals surface area (Å²) in [6.45, 7) is 6.12. The van der Waals surface area contributed by atoms with Crippen molar-refractivity contribution >= 4 is 5.69 Å². The molecule has 0 unspecified atom stereocenters. The molecule has 1 aliphatic rings. The van der Waals surface area contributed by atoms with Crippen molar-refractivity contribution < 1.29 is 9.22 Å². The second-order valence-electron chi connectivity index (χ2n) is 7.06. The minimum absolute atomic E-state index is 0.728. The third-order valence-corrected chi connectivity index (χ3v) is 4.10. The molecule has 0 bridgehead atoms.